The molecule has 0 saturated carbocycles. The molecule has 0 bridgehead atoms. The van der Waals surface area contributed by atoms with Crippen LogP contribution in [0.3, 0.4) is 0 Å². The van der Waals surface area contributed by atoms with Crippen molar-refractivity contribution in [3.63, 3.8) is 0 Å². The van der Waals surface area contributed by atoms with Crippen LogP contribution < -0.4 is 14.8 Å². The average molecular weight is 358 g/mol. The molecule has 0 heterocycles. The van der Waals surface area contributed by atoms with Gasteiger partial charge in [0.05, 0.1) is 7.11 Å². The molecule has 0 atom stereocenters. The maximum Gasteiger partial charge on any atom is 0.321 e. The number of hydrogen-bond acceptors (Lipinski definition) is 3. The Morgan fingerprint density at radius 2 is 2.04 bits per heavy atom. The van der Waals surface area contributed by atoms with Crippen LogP contribution in [-0.4, -0.2) is 31.7 Å². The van der Waals surface area contributed by atoms with Crippen molar-refractivity contribution in [2.24, 2.45) is 0 Å². The van der Waals surface area contributed by atoms with Gasteiger partial charge in [-0.25, -0.2) is 9.18 Å². The van der Waals surface area contributed by atoms with Crippen LogP contribution in [0.1, 0.15) is 12.5 Å². The predicted octanol–water partition coefficient (Wildman–Crippen LogP) is 4.45. The van der Waals surface area contributed by atoms with Crippen LogP contribution in [0.2, 0.25) is 0 Å². The third kappa shape index (κ3) is 5.51. The highest BCUT2D eigenvalue weighted by Crippen LogP contribution is 2.20. The molecule has 0 radical (unpaired) electrons. The van der Waals surface area contributed by atoms with Crippen molar-refractivity contribution in [3.05, 3.63) is 66.0 Å². The Morgan fingerprint density at radius 3 is 2.69 bits per heavy atom. The van der Waals surface area contributed by atoms with Crippen LogP contribution in [0.25, 0.3) is 0 Å². The molecule has 0 aromatic heterocycles. The Labute approximate surface area is 153 Å². The zero-order valence-electron chi connectivity index (χ0n) is 15.2. The zero-order valence-corrected chi connectivity index (χ0v) is 15.2. The van der Waals surface area contributed by atoms with E-state index in [1.165, 1.54) is 18.1 Å². The number of methoxy groups -OCH3 is 1. The van der Waals surface area contributed by atoms with Crippen LogP contribution in [0, 0.1) is 5.82 Å². The third-order valence-corrected chi connectivity index (χ3v) is 3.55. The molecule has 0 aliphatic rings. The highest BCUT2D eigenvalue weighted by atomic mass is 19.1. The molecule has 2 aromatic carbocycles. The highest BCUT2D eigenvalue weighted by molar-refractivity contribution is 5.89. The van der Waals surface area contributed by atoms with E-state index in [0.29, 0.717) is 23.6 Å². The van der Waals surface area contributed by atoms with Gasteiger partial charge in [0.1, 0.15) is 12.4 Å². The molecular weight excluding hydrogens is 335 g/mol. The molecule has 0 saturated heterocycles. The molecule has 0 aliphatic carbocycles. The minimum Gasteiger partial charge on any atom is -0.494 e. The summed E-state index contributed by atoms with van der Waals surface area (Å²) in [7, 11) is 3.05. The maximum atomic E-state index is 13.8. The smallest absolute Gasteiger partial charge is 0.321 e. The number of urea groups is 1. The van der Waals surface area contributed by atoms with Crippen molar-refractivity contribution in [2.45, 2.75) is 13.5 Å². The summed E-state index contributed by atoms with van der Waals surface area (Å²) in [6.45, 7) is 6.34. The first-order valence-corrected chi connectivity index (χ1v) is 8.11. The summed E-state index contributed by atoms with van der Waals surface area (Å²) >= 11 is 0. The number of benzene rings is 2. The van der Waals surface area contributed by atoms with Gasteiger partial charge in [0.15, 0.2) is 11.6 Å². The van der Waals surface area contributed by atoms with Crippen LogP contribution >= 0.6 is 0 Å². The molecule has 0 unspecified atom stereocenters. The van der Waals surface area contributed by atoms with E-state index in [9.17, 15) is 9.18 Å². The van der Waals surface area contributed by atoms with E-state index < -0.39 is 5.82 Å². The van der Waals surface area contributed by atoms with Gasteiger partial charge in [0.25, 0.3) is 0 Å². The molecule has 0 aliphatic heterocycles. The van der Waals surface area contributed by atoms with Crippen LogP contribution in [-0.2, 0) is 6.54 Å². The minimum atomic E-state index is -0.457. The van der Waals surface area contributed by atoms with E-state index in [-0.39, 0.29) is 18.3 Å². The van der Waals surface area contributed by atoms with Gasteiger partial charge in [0, 0.05) is 25.3 Å². The van der Waals surface area contributed by atoms with Crippen molar-refractivity contribution in [1.82, 2.24) is 4.90 Å². The number of ether oxygens (including phenoxy) is 2. The lowest BCUT2D eigenvalue weighted by molar-refractivity contribution is 0.220. The fourth-order valence-corrected chi connectivity index (χ4v) is 2.24. The minimum absolute atomic E-state index is 0.174. The van der Waals surface area contributed by atoms with Crippen molar-refractivity contribution in [3.8, 4) is 11.5 Å². The van der Waals surface area contributed by atoms with Gasteiger partial charge >= 0.3 is 6.03 Å². The largest absolute Gasteiger partial charge is 0.494 e. The standard InChI is InChI=1S/C20H23FN2O3/c1-14(2)13-26-17-7-5-6-16(11-17)22-20(24)23(3)12-15-8-9-19(25-4)18(21)10-15/h5-11H,1,12-13H2,2-4H3,(H,22,24). The summed E-state index contributed by atoms with van der Waals surface area (Å²) in [5, 5.41) is 2.79. The van der Waals surface area contributed by atoms with Gasteiger partial charge in [-0.15, -0.1) is 0 Å². The summed E-state index contributed by atoms with van der Waals surface area (Å²) in [4.78, 5) is 13.8. The number of rotatable bonds is 7. The monoisotopic (exact) mass is 358 g/mol. The van der Waals surface area contributed by atoms with Crippen LogP contribution in [0.5, 0.6) is 11.5 Å². The lowest BCUT2D eigenvalue weighted by Gasteiger charge is -2.19. The molecular formula is C20H23FN2O3. The van der Waals surface area contributed by atoms with Crippen LogP contribution in [0.4, 0.5) is 14.9 Å². The second kappa shape index (κ2) is 8.89. The van der Waals surface area contributed by atoms with E-state index in [0.717, 1.165) is 5.57 Å². The van der Waals surface area contributed by atoms with E-state index in [2.05, 4.69) is 11.9 Å². The zero-order chi connectivity index (χ0) is 19.1. The molecule has 2 amide bonds. The Balaban J connectivity index is 1.97. The Kier molecular flexibility index (Phi) is 6.60. The lowest BCUT2D eigenvalue weighted by Crippen LogP contribution is -2.30. The summed E-state index contributed by atoms with van der Waals surface area (Å²) in [5.41, 5.74) is 2.19. The number of nitrogens with zero attached hydrogens (tertiary/aromatic N) is 1. The molecule has 2 aromatic rings. The highest BCUT2D eigenvalue weighted by Gasteiger charge is 2.11. The van der Waals surface area contributed by atoms with Gasteiger partial charge in [-0.2, -0.15) is 0 Å². The number of amides is 2. The van der Waals surface area contributed by atoms with Gasteiger partial charge in [-0.3, -0.25) is 0 Å². The van der Waals surface area contributed by atoms with Gasteiger partial charge in [-0.1, -0.05) is 18.7 Å². The molecule has 138 valence electrons. The first kappa shape index (κ1) is 19.3. The topological polar surface area (TPSA) is 50.8 Å². The van der Waals surface area contributed by atoms with Crippen molar-refractivity contribution in [1.29, 1.82) is 0 Å². The number of nitrogens with one attached hydrogen (secondary N) is 1. The first-order chi connectivity index (χ1) is 12.4. The molecule has 2 rings (SSSR count). The number of carbonyl (C=O) groups excluding carboxylic acids is 1. The first-order valence-electron chi connectivity index (χ1n) is 8.11. The summed E-state index contributed by atoms with van der Waals surface area (Å²) in [6.07, 6.45) is 0. The quantitative estimate of drug-likeness (QED) is 0.744. The number of halogens is 1. The van der Waals surface area contributed by atoms with Gasteiger partial charge < -0.3 is 19.7 Å². The van der Waals surface area contributed by atoms with Gasteiger partial charge in [-0.05, 0) is 42.3 Å². The van der Waals surface area contributed by atoms with E-state index in [1.54, 1.807) is 37.4 Å². The SMILES string of the molecule is C=C(C)COc1cccc(NC(=O)N(C)Cc2ccc(OC)c(F)c2)c1. The predicted molar refractivity (Wildman–Crippen MR) is 100 cm³/mol. The number of anilines is 1. The Hall–Kier alpha value is -3.02. The Bertz CT molecular complexity index is 792. The van der Waals surface area contributed by atoms with Crippen molar-refractivity contribution < 1.29 is 18.7 Å². The maximum absolute atomic E-state index is 13.8. The van der Waals surface area contributed by atoms with Gasteiger partial charge in [0.2, 0.25) is 0 Å². The summed E-state index contributed by atoms with van der Waals surface area (Å²) in [5.74, 6) is 0.360. The van der Waals surface area contributed by atoms with E-state index >= 15 is 0 Å². The third-order valence-electron chi connectivity index (χ3n) is 3.55. The molecule has 5 nitrogen and oxygen atoms in total. The molecule has 1 N–H and O–H groups in total. The fraction of sp³-hybridized carbons (Fsp3) is 0.250. The molecule has 0 fully saturated rings. The number of hydrogen-bond donors (Lipinski definition) is 1. The van der Waals surface area contributed by atoms with E-state index in [1.807, 2.05) is 13.0 Å². The van der Waals surface area contributed by atoms with Crippen LogP contribution in [0.15, 0.2) is 54.6 Å². The Morgan fingerprint density at radius 1 is 1.27 bits per heavy atom. The van der Waals surface area contributed by atoms with Crippen molar-refractivity contribution >= 4 is 11.7 Å². The summed E-state index contributed by atoms with van der Waals surface area (Å²) in [6, 6.07) is 11.4. The number of carbonyl (C=O) groups is 1. The summed E-state index contributed by atoms with van der Waals surface area (Å²) < 4.78 is 24.2. The van der Waals surface area contributed by atoms with E-state index in [4.69, 9.17) is 9.47 Å². The molecule has 26 heavy (non-hydrogen) atoms. The fourth-order valence-electron chi connectivity index (χ4n) is 2.24. The second-order valence-electron chi connectivity index (χ2n) is 6.03. The normalized spacial score (nSPS) is 10.2. The molecule has 6 heteroatoms. The lowest BCUT2D eigenvalue weighted by atomic mass is 10.2. The average Bonchev–Trinajstić information content (AvgIpc) is 2.60. The van der Waals surface area contributed by atoms with Crippen molar-refractivity contribution in [2.75, 3.05) is 26.1 Å². The molecule has 0 spiro atoms. The second-order valence-corrected chi connectivity index (χ2v) is 6.03.